The number of nitrogens with zero attached hydrogens (tertiary/aromatic N) is 1. The van der Waals surface area contributed by atoms with E-state index in [-0.39, 0.29) is 12.8 Å². The summed E-state index contributed by atoms with van der Waals surface area (Å²) >= 11 is 0. The van der Waals surface area contributed by atoms with Gasteiger partial charge in [-0.05, 0) is 18.9 Å². The molecule has 0 spiro atoms. The zero-order valence-electron chi connectivity index (χ0n) is 10.9. The summed E-state index contributed by atoms with van der Waals surface area (Å²) in [5.41, 5.74) is 3.13. The largest absolute Gasteiger partial charge is 0.481 e. The summed E-state index contributed by atoms with van der Waals surface area (Å²) in [6.45, 7) is 0. The van der Waals surface area contributed by atoms with Crippen LogP contribution in [0.25, 0.3) is 11.0 Å². The highest BCUT2D eigenvalue weighted by atomic mass is 16.4. The maximum atomic E-state index is 10.6. The van der Waals surface area contributed by atoms with Crippen LogP contribution in [-0.4, -0.2) is 22.0 Å². The van der Waals surface area contributed by atoms with Gasteiger partial charge in [-0.2, -0.15) is 0 Å². The van der Waals surface area contributed by atoms with E-state index in [1.807, 2.05) is 18.2 Å². The monoisotopic (exact) mass is 273 g/mol. The summed E-state index contributed by atoms with van der Waals surface area (Å²) in [5.74, 6) is 0.134. The van der Waals surface area contributed by atoms with Crippen molar-refractivity contribution in [3.05, 3.63) is 35.1 Å². The van der Waals surface area contributed by atoms with Gasteiger partial charge in [-0.25, -0.2) is 0 Å². The standard InChI is InChI=1S/C15H15NO4/c17-15(18)7-6-12(16-19)9-4-5-11-10-2-1-3-13(10)20-14(11)8-9/h4-5,8,19H,1-3,6-7H2,(H,17,18). The van der Waals surface area contributed by atoms with Gasteiger partial charge in [-0.1, -0.05) is 17.3 Å². The molecule has 1 aliphatic carbocycles. The van der Waals surface area contributed by atoms with Crippen molar-refractivity contribution in [2.24, 2.45) is 5.16 Å². The van der Waals surface area contributed by atoms with Crippen molar-refractivity contribution >= 4 is 22.7 Å². The topological polar surface area (TPSA) is 83.0 Å². The molecule has 0 saturated carbocycles. The predicted octanol–water partition coefficient (Wildman–Crippen LogP) is 2.96. The summed E-state index contributed by atoms with van der Waals surface area (Å²) in [4.78, 5) is 10.6. The van der Waals surface area contributed by atoms with Crippen LogP contribution in [-0.2, 0) is 17.6 Å². The number of oxime groups is 1. The van der Waals surface area contributed by atoms with Gasteiger partial charge in [0, 0.05) is 29.4 Å². The molecule has 2 N–H and O–H groups in total. The number of hydrogen-bond acceptors (Lipinski definition) is 4. The number of benzene rings is 1. The Balaban J connectivity index is 1.94. The molecule has 0 unspecified atom stereocenters. The SMILES string of the molecule is O=C(O)CCC(=NO)c1ccc2c3c(oc2c1)CCC3. The minimum Gasteiger partial charge on any atom is -0.481 e. The van der Waals surface area contributed by atoms with Gasteiger partial charge in [0.15, 0.2) is 0 Å². The molecule has 0 amide bonds. The molecule has 0 bridgehead atoms. The van der Waals surface area contributed by atoms with Crippen LogP contribution in [0.2, 0.25) is 0 Å². The third-order valence-corrected chi connectivity index (χ3v) is 3.74. The Labute approximate surface area is 115 Å². The molecule has 20 heavy (non-hydrogen) atoms. The van der Waals surface area contributed by atoms with Gasteiger partial charge in [0.1, 0.15) is 11.3 Å². The number of aryl methyl sites for hydroxylation is 2. The number of fused-ring (bicyclic) bond motifs is 3. The Morgan fingerprint density at radius 1 is 1.30 bits per heavy atom. The fourth-order valence-corrected chi connectivity index (χ4v) is 2.76. The van der Waals surface area contributed by atoms with Crippen LogP contribution in [0.15, 0.2) is 27.8 Å². The smallest absolute Gasteiger partial charge is 0.303 e. The zero-order valence-corrected chi connectivity index (χ0v) is 10.9. The van der Waals surface area contributed by atoms with Crippen molar-refractivity contribution < 1.29 is 19.5 Å². The second-order valence-corrected chi connectivity index (χ2v) is 5.01. The normalized spacial score (nSPS) is 14.7. The maximum absolute atomic E-state index is 10.6. The molecule has 3 rings (SSSR count). The highest BCUT2D eigenvalue weighted by Gasteiger charge is 2.20. The fraction of sp³-hybridized carbons (Fsp3) is 0.333. The number of aliphatic carboxylic acids is 1. The summed E-state index contributed by atoms with van der Waals surface area (Å²) in [5, 5.41) is 22.1. The summed E-state index contributed by atoms with van der Waals surface area (Å²) in [6, 6.07) is 5.64. The number of furan rings is 1. The number of rotatable bonds is 4. The van der Waals surface area contributed by atoms with E-state index in [1.54, 1.807) is 0 Å². The molecule has 2 aromatic rings. The van der Waals surface area contributed by atoms with Crippen LogP contribution in [0, 0.1) is 0 Å². The van der Waals surface area contributed by atoms with Gasteiger partial charge < -0.3 is 14.7 Å². The third-order valence-electron chi connectivity index (χ3n) is 3.74. The van der Waals surface area contributed by atoms with Gasteiger partial charge in [0.2, 0.25) is 0 Å². The third kappa shape index (κ3) is 2.15. The van der Waals surface area contributed by atoms with Crippen molar-refractivity contribution in [3.63, 3.8) is 0 Å². The summed E-state index contributed by atoms with van der Waals surface area (Å²) in [7, 11) is 0. The lowest BCUT2D eigenvalue weighted by Gasteiger charge is -2.03. The lowest BCUT2D eigenvalue weighted by atomic mass is 10.0. The molecule has 0 radical (unpaired) electrons. The van der Waals surface area contributed by atoms with E-state index in [2.05, 4.69) is 5.16 Å². The molecule has 0 saturated heterocycles. The number of hydrogen-bond donors (Lipinski definition) is 2. The van der Waals surface area contributed by atoms with Gasteiger partial charge in [-0.15, -0.1) is 0 Å². The number of carboxylic acids is 1. The van der Waals surface area contributed by atoms with Gasteiger partial charge in [-0.3, -0.25) is 4.79 Å². The second-order valence-electron chi connectivity index (χ2n) is 5.01. The molecule has 104 valence electrons. The lowest BCUT2D eigenvalue weighted by Crippen LogP contribution is -2.05. The Hall–Kier alpha value is -2.30. The minimum atomic E-state index is -0.913. The Bertz CT molecular complexity index is 699. The number of carbonyl (C=O) groups is 1. The summed E-state index contributed by atoms with van der Waals surface area (Å²) < 4.78 is 5.82. The second kappa shape index (κ2) is 5.00. The van der Waals surface area contributed by atoms with Crippen molar-refractivity contribution in [2.45, 2.75) is 32.1 Å². The van der Waals surface area contributed by atoms with Crippen molar-refractivity contribution in [1.29, 1.82) is 0 Å². The molecule has 1 heterocycles. The van der Waals surface area contributed by atoms with Crippen molar-refractivity contribution in [1.82, 2.24) is 0 Å². The van der Waals surface area contributed by atoms with E-state index in [1.165, 1.54) is 5.56 Å². The quantitative estimate of drug-likeness (QED) is 0.509. The first kappa shape index (κ1) is 12.7. The van der Waals surface area contributed by atoms with Gasteiger partial charge >= 0.3 is 5.97 Å². The van der Waals surface area contributed by atoms with E-state index in [4.69, 9.17) is 14.7 Å². The maximum Gasteiger partial charge on any atom is 0.303 e. The Morgan fingerprint density at radius 3 is 2.90 bits per heavy atom. The van der Waals surface area contributed by atoms with Crippen LogP contribution >= 0.6 is 0 Å². The summed E-state index contributed by atoms with van der Waals surface area (Å²) in [6.07, 6.45) is 3.28. The van der Waals surface area contributed by atoms with Gasteiger partial charge in [0.05, 0.1) is 12.1 Å². The first-order chi connectivity index (χ1) is 9.69. The van der Waals surface area contributed by atoms with Crippen molar-refractivity contribution in [3.8, 4) is 0 Å². The zero-order chi connectivity index (χ0) is 14.1. The van der Waals surface area contributed by atoms with Crippen LogP contribution < -0.4 is 0 Å². The molecular formula is C15H15NO4. The van der Waals surface area contributed by atoms with E-state index in [0.29, 0.717) is 11.3 Å². The van der Waals surface area contributed by atoms with E-state index in [9.17, 15) is 4.79 Å². The Morgan fingerprint density at radius 2 is 2.15 bits per heavy atom. The highest BCUT2D eigenvalue weighted by molar-refractivity contribution is 6.03. The molecular weight excluding hydrogens is 258 g/mol. The number of carboxylic acid groups (broad SMARTS) is 1. The van der Waals surface area contributed by atoms with Crippen LogP contribution in [0.5, 0.6) is 0 Å². The predicted molar refractivity (Wildman–Crippen MR) is 73.4 cm³/mol. The molecule has 0 fully saturated rings. The Kier molecular flexibility index (Phi) is 3.18. The van der Waals surface area contributed by atoms with Gasteiger partial charge in [0.25, 0.3) is 0 Å². The molecule has 1 aromatic carbocycles. The highest BCUT2D eigenvalue weighted by Crippen LogP contribution is 2.33. The molecule has 1 aliphatic rings. The van der Waals surface area contributed by atoms with Crippen LogP contribution in [0.3, 0.4) is 0 Å². The molecule has 1 aromatic heterocycles. The molecule has 5 nitrogen and oxygen atoms in total. The van der Waals surface area contributed by atoms with E-state index >= 15 is 0 Å². The minimum absolute atomic E-state index is 0.0634. The average molecular weight is 273 g/mol. The fourth-order valence-electron chi connectivity index (χ4n) is 2.76. The molecule has 0 aliphatic heterocycles. The first-order valence-corrected chi connectivity index (χ1v) is 6.66. The molecule has 0 atom stereocenters. The van der Waals surface area contributed by atoms with Crippen LogP contribution in [0.4, 0.5) is 0 Å². The van der Waals surface area contributed by atoms with E-state index < -0.39 is 5.97 Å². The average Bonchev–Trinajstić information content (AvgIpc) is 2.99. The first-order valence-electron chi connectivity index (χ1n) is 6.66. The lowest BCUT2D eigenvalue weighted by molar-refractivity contribution is -0.136. The van der Waals surface area contributed by atoms with E-state index in [0.717, 1.165) is 36.0 Å². The van der Waals surface area contributed by atoms with Crippen molar-refractivity contribution in [2.75, 3.05) is 0 Å². The van der Waals surface area contributed by atoms with Crippen LogP contribution in [0.1, 0.15) is 36.1 Å². The molecule has 5 heteroatoms.